The molecular weight excluding hydrogens is 504 g/mol. The van der Waals surface area contributed by atoms with Gasteiger partial charge in [-0.05, 0) is 41.3 Å². The first-order chi connectivity index (χ1) is 18.8. The van der Waals surface area contributed by atoms with Crippen molar-refractivity contribution in [3.05, 3.63) is 83.2 Å². The highest BCUT2D eigenvalue weighted by Gasteiger charge is 2.33. The van der Waals surface area contributed by atoms with E-state index in [1.54, 1.807) is 12.0 Å². The average Bonchev–Trinajstić information content (AvgIpc) is 2.94. The van der Waals surface area contributed by atoms with E-state index in [-0.39, 0.29) is 23.3 Å². The third-order valence-corrected chi connectivity index (χ3v) is 6.64. The van der Waals surface area contributed by atoms with Crippen LogP contribution in [0.25, 0.3) is 0 Å². The Morgan fingerprint density at radius 3 is 2.38 bits per heavy atom. The topological polar surface area (TPSA) is 139 Å². The van der Waals surface area contributed by atoms with Crippen LogP contribution in [0.3, 0.4) is 0 Å². The molecule has 0 saturated carbocycles. The number of hydrogen-bond acceptors (Lipinski definition) is 8. The molecule has 2 aromatic carbocycles. The second-order valence-electron chi connectivity index (χ2n) is 9.31. The molecule has 1 amide bonds. The maximum Gasteiger partial charge on any atom is 0.335 e. The summed E-state index contributed by atoms with van der Waals surface area (Å²) in [7, 11) is 1.60. The Bertz CT molecular complexity index is 1290. The smallest absolute Gasteiger partial charge is 0.335 e. The molecule has 10 heteroatoms. The molecule has 1 fully saturated rings. The number of carbonyl (C=O) groups is 2. The van der Waals surface area contributed by atoms with Crippen LogP contribution in [0.15, 0.2) is 60.8 Å². The lowest BCUT2D eigenvalue weighted by Crippen LogP contribution is -2.48. The average molecular weight is 537 g/mol. The van der Waals surface area contributed by atoms with E-state index in [2.05, 4.69) is 36.2 Å². The fraction of sp³-hybridized carbons (Fsp3) is 0.345. The largest absolute Gasteiger partial charge is 0.493 e. The number of aromatic nitrogens is 1. The van der Waals surface area contributed by atoms with Crippen LogP contribution in [0.2, 0.25) is 0 Å². The SMILES string of the molecule is CCc1ccc(COc2ccc(C3CN(C(=O)c4cc(OC[C@H](O)[C@@H](O)C(=O)O)ccn4)C3)cc2OC)cc1. The van der Waals surface area contributed by atoms with Crippen molar-refractivity contribution < 1.29 is 39.1 Å². The molecule has 2 atom stereocenters. The van der Waals surface area contributed by atoms with E-state index in [1.165, 1.54) is 23.9 Å². The van der Waals surface area contributed by atoms with E-state index in [1.807, 2.05) is 18.2 Å². The van der Waals surface area contributed by atoms with Gasteiger partial charge in [-0.25, -0.2) is 4.79 Å². The molecule has 3 N–H and O–H groups in total. The molecule has 0 unspecified atom stereocenters. The second-order valence-corrected chi connectivity index (χ2v) is 9.31. The number of carboxylic acid groups (broad SMARTS) is 1. The highest BCUT2D eigenvalue weighted by atomic mass is 16.5. The molecule has 1 aliphatic rings. The molecule has 0 radical (unpaired) electrons. The lowest BCUT2D eigenvalue weighted by molar-refractivity contribution is -0.153. The van der Waals surface area contributed by atoms with Gasteiger partial charge in [-0.15, -0.1) is 0 Å². The molecule has 0 spiro atoms. The summed E-state index contributed by atoms with van der Waals surface area (Å²) in [6.45, 7) is 3.10. The third kappa shape index (κ3) is 6.84. The summed E-state index contributed by atoms with van der Waals surface area (Å²) in [5.41, 5.74) is 3.54. The third-order valence-electron chi connectivity index (χ3n) is 6.64. The molecule has 4 rings (SSSR count). The number of pyridine rings is 1. The number of aliphatic hydroxyl groups is 2. The van der Waals surface area contributed by atoms with Crippen molar-refractivity contribution in [3.8, 4) is 17.2 Å². The first-order valence-electron chi connectivity index (χ1n) is 12.6. The van der Waals surface area contributed by atoms with Gasteiger partial charge in [0.25, 0.3) is 5.91 Å². The van der Waals surface area contributed by atoms with Crippen LogP contribution in [0.1, 0.15) is 40.0 Å². The zero-order chi connectivity index (χ0) is 27.9. The van der Waals surface area contributed by atoms with Crippen LogP contribution in [0.5, 0.6) is 17.2 Å². The van der Waals surface area contributed by atoms with E-state index >= 15 is 0 Å². The van der Waals surface area contributed by atoms with E-state index in [0.717, 1.165) is 17.5 Å². The number of hydrogen-bond donors (Lipinski definition) is 3. The molecular formula is C29H32N2O8. The minimum Gasteiger partial charge on any atom is -0.493 e. The second kappa shape index (κ2) is 12.6. The number of rotatable bonds is 12. The number of carboxylic acids is 1. The number of nitrogens with zero attached hydrogens (tertiary/aromatic N) is 2. The fourth-order valence-corrected chi connectivity index (χ4v) is 4.16. The Labute approximate surface area is 226 Å². The predicted octanol–water partition coefficient (Wildman–Crippen LogP) is 2.66. The molecule has 0 bridgehead atoms. The van der Waals surface area contributed by atoms with Crippen molar-refractivity contribution in [3.63, 3.8) is 0 Å². The van der Waals surface area contributed by atoms with Crippen LogP contribution in [-0.2, 0) is 17.8 Å². The number of carbonyl (C=O) groups excluding carboxylic acids is 1. The van der Waals surface area contributed by atoms with Crippen molar-refractivity contribution in [1.82, 2.24) is 9.88 Å². The van der Waals surface area contributed by atoms with Gasteiger partial charge in [0.2, 0.25) is 0 Å². The molecule has 206 valence electrons. The standard InChI is InChI=1S/C29H32N2O8/c1-3-18-4-6-19(7-5-18)16-39-25-9-8-20(12-26(25)37-2)21-14-31(15-21)28(34)23-13-22(10-11-30-23)38-17-24(32)27(33)29(35)36/h4-13,21,24,27,32-33H,3,14-17H2,1-2H3,(H,35,36)/t24-,27+/m0/s1. The highest BCUT2D eigenvalue weighted by molar-refractivity contribution is 5.93. The molecule has 3 aromatic rings. The zero-order valence-electron chi connectivity index (χ0n) is 21.8. The van der Waals surface area contributed by atoms with Gasteiger partial charge in [0.05, 0.1) is 7.11 Å². The molecule has 1 aliphatic heterocycles. The number of amides is 1. The number of aliphatic hydroxyl groups excluding tert-OH is 2. The summed E-state index contributed by atoms with van der Waals surface area (Å²) >= 11 is 0. The predicted molar refractivity (Wildman–Crippen MR) is 141 cm³/mol. The maximum absolute atomic E-state index is 12.9. The molecule has 10 nitrogen and oxygen atoms in total. The summed E-state index contributed by atoms with van der Waals surface area (Å²) in [6.07, 6.45) is -1.21. The lowest BCUT2D eigenvalue weighted by atomic mass is 9.91. The van der Waals surface area contributed by atoms with E-state index < -0.39 is 24.8 Å². The van der Waals surface area contributed by atoms with Crippen LogP contribution in [0.4, 0.5) is 0 Å². The van der Waals surface area contributed by atoms with Crippen molar-refractivity contribution in [2.75, 3.05) is 26.8 Å². The molecule has 0 aliphatic carbocycles. The normalized spacial score (nSPS) is 14.7. The summed E-state index contributed by atoms with van der Waals surface area (Å²) < 4.78 is 16.9. The van der Waals surface area contributed by atoms with Gasteiger partial charge in [0, 0.05) is 31.3 Å². The van der Waals surface area contributed by atoms with Gasteiger partial charge in [-0.2, -0.15) is 0 Å². The summed E-state index contributed by atoms with van der Waals surface area (Å²) in [4.78, 5) is 29.5. The van der Waals surface area contributed by atoms with E-state index in [0.29, 0.717) is 31.2 Å². The minimum absolute atomic E-state index is 0.130. The van der Waals surface area contributed by atoms with Crippen molar-refractivity contribution in [2.24, 2.45) is 0 Å². The monoisotopic (exact) mass is 536 g/mol. The van der Waals surface area contributed by atoms with Gasteiger partial charge in [0.1, 0.15) is 30.8 Å². The number of methoxy groups -OCH3 is 1. The molecule has 1 saturated heterocycles. The first-order valence-corrected chi connectivity index (χ1v) is 12.6. The Kier molecular flexibility index (Phi) is 9.00. The van der Waals surface area contributed by atoms with E-state index in [4.69, 9.17) is 19.3 Å². The zero-order valence-corrected chi connectivity index (χ0v) is 21.8. The van der Waals surface area contributed by atoms with Crippen LogP contribution in [-0.4, -0.2) is 76.1 Å². The van der Waals surface area contributed by atoms with Crippen LogP contribution >= 0.6 is 0 Å². The van der Waals surface area contributed by atoms with E-state index in [9.17, 15) is 19.8 Å². The number of aliphatic carboxylic acids is 1. The van der Waals surface area contributed by atoms with Crippen molar-refractivity contribution in [1.29, 1.82) is 0 Å². The Morgan fingerprint density at radius 1 is 1.00 bits per heavy atom. The first kappa shape index (κ1) is 27.9. The van der Waals surface area contributed by atoms with Crippen molar-refractivity contribution in [2.45, 2.75) is 38.1 Å². The molecule has 1 aromatic heterocycles. The number of ether oxygens (including phenoxy) is 3. The fourth-order valence-electron chi connectivity index (χ4n) is 4.16. The number of aryl methyl sites for hydroxylation is 1. The van der Waals surface area contributed by atoms with Crippen LogP contribution in [0, 0.1) is 0 Å². The highest BCUT2D eigenvalue weighted by Crippen LogP contribution is 2.35. The van der Waals surface area contributed by atoms with Gasteiger partial charge in [-0.1, -0.05) is 37.3 Å². The van der Waals surface area contributed by atoms with Gasteiger partial charge < -0.3 is 34.4 Å². The number of benzene rings is 2. The Balaban J connectivity index is 1.32. The molecule has 2 heterocycles. The number of likely N-dealkylation sites (tertiary alicyclic amines) is 1. The summed E-state index contributed by atoms with van der Waals surface area (Å²) in [5, 5.41) is 27.8. The van der Waals surface area contributed by atoms with Gasteiger partial charge in [0.15, 0.2) is 17.6 Å². The van der Waals surface area contributed by atoms with Gasteiger partial charge in [-0.3, -0.25) is 9.78 Å². The van der Waals surface area contributed by atoms with Crippen molar-refractivity contribution >= 4 is 11.9 Å². The quantitative estimate of drug-likeness (QED) is 0.319. The lowest BCUT2D eigenvalue weighted by Gasteiger charge is -2.39. The van der Waals surface area contributed by atoms with Gasteiger partial charge >= 0.3 is 5.97 Å². The Hall–Kier alpha value is -4.15. The Morgan fingerprint density at radius 2 is 1.72 bits per heavy atom. The molecule has 39 heavy (non-hydrogen) atoms. The summed E-state index contributed by atoms with van der Waals surface area (Å²) in [6, 6.07) is 17.0. The maximum atomic E-state index is 12.9. The van der Waals surface area contributed by atoms with Crippen LogP contribution < -0.4 is 14.2 Å². The minimum atomic E-state index is -1.97. The summed E-state index contributed by atoms with van der Waals surface area (Å²) in [5.74, 6) is -0.196.